The smallest absolute Gasteiger partial charge is 0.397 e. The molecule has 12 heteroatoms. The van der Waals surface area contributed by atoms with Gasteiger partial charge in [-0.1, -0.05) is 12.0 Å². The number of nitrogens with zero attached hydrogens (tertiary/aromatic N) is 5. The predicted molar refractivity (Wildman–Crippen MR) is 114 cm³/mol. The number of anilines is 2. The number of rotatable bonds is 4. The van der Waals surface area contributed by atoms with Crippen LogP contribution in [-0.2, 0) is 6.18 Å². The normalized spacial score (nSPS) is 11.1. The van der Waals surface area contributed by atoms with Crippen molar-refractivity contribution in [1.29, 1.82) is 0 Å². The van der Waals surface area contributed by atoms with Gasteiger partial charge in [-0.15, -0.1) is 11.2 Å². The van der Waals surface area contributed by atoms with Crippen LogP contribution in [0.25, 0.3) is 16.9 Å². The van der Waals surface area contributed by atoms with Crippen molar-refractivity contribution in [1.82, 2.24) is 25.0 Å². The first-order chi connectivity index (χ1) is 16.2. The van der Waals surface area contributed by atoms with Crippen molar-refractivity contribution in [3.8, 4) is 29.3 Å². The van der Waals surface area contributed by atoms with E-state index in [9.17, 15) is 22.4 Å². The van der Waals surface area contributed by atoms with Crippen molar-refractivity contribution in [3.63, 3.8) is 0 Å². The van der Waals surface area contributed by atoms with E-state index in [0.717, 1.165) is 12.3 Å². The SMILES string of the molecule is C#Cc1cncc(N)c1-c1ccc(C(=O)Nc2cnc(-n3nccn3)c(C(F)(F)F)c2)cc1F. The van der Waals surface area contributed by atoms with Crippen LogP contribution in [0.4, 0.5) is 28.9 Å². The average Bonchev–Trinajstić information content (AvgIpc) is 3.33. The molecule has 0 aliphatic carbocycles. The van der Waals surface area contributed by atoms with E-state index in [1.165, 1.54) is 36.9 Å². The lowest BCUT2D eigenvalue weighted by Gasteiger charge is -2.14. The first kappa shape index (κ1) is 22.4. The summed E-state index contributed by atoms with van der Waals surface area (Å²) in [5, 5.41) is 9.58. The number of carbonyl (C=O) groups excluding carboxylic acids is 1. The second-order valence-electron chi connectivity index (χ2n) is 6.86. The topological polar surface area (TPSA) is 112 Å². The molecule has 0 unspecified atom stereocenters. The van der Waals surface area contributed by atoms with Gasteiger partial charge in [0.05, 0.1) is 41.7 Å². The second-order valence-corrected chi connectivity index (χ2v) is 6.86. The Bertz CT molecular complexity index is 1430. The number of aromatic nitrogens is 5. The van der Waals surface area contributed by atoms with E-state index < -0.39 is 29.3 Å². The number of benzene rings is 1. The van der Waals surface area contributed by atoms with E-state index in [1.54, 1.807) is 0 Å². The molecule has 0 saturated carbocycles. The summed E-state index contributed by atoms with van der Waals surface area (Å²) in [6, 6.07) is 4.19. The molecule has 3 N–H and O–H groups in total. The van der Waals surface area contributed by atoms with Gasteiger partial charge in [-0.25, -0.2) is 9.37 Å². The van der Waals surface area contributed by atoms with E-state index in [1.807, 2.05) is 0 Å². The van der Waals surface area contributed by atoms with E-state index in [0.29, 0.717) is 10.9 Å². The van der Waals surface area contributed by atoms with Gasteiger partial charge in [0, 0.05) is 22.9 Å². The Balaban J connectivity index is 1.64. The van der Waals surface area contributed by atoms with Crippen LogP contribution in [0.5, 0.6) is 0 Å². The quantitative estimate of drug-likeness (QED) is 0.350. The Labute approximate surface area is 189 Å². The molecule has 0 fully saturated rings. The number of hydrogen-bond acceptors (Lipinski definition) is 6. The fourth-order valence-electron chi connectivity index (χ4n) is 3.17. The first-order valence-electron chi connectivity index (χ1n) is 9.44. The molecule has 1 aromatic carbocycles. The Morgan fingerprint density at radius 3 is 2.50 bits per heavy atom. The highest BCUT2D eigenvalue weighted by Gasteiger charge is 2.36. The highest BCUT2D eigenvalue weighted by atomic mass is 19.4. The summed E-state index contributed by atoms with van der Waals surface area (Å²) in [5.74, 6) is 0.136. The molecule has 0 atom stereocenters. The molecule has 0 bridgehead atoms. The Morgan fingerprint density at radius 2 is 1.85 bits per heavy atom. The maximum absolute atomic E-state index is 14.9. The molecule has 4 rings (SSSR count). The number of halogens is 4. The molecule has 0 aliphatic rings. The number of nitrogen functional groups attached to an aromatic ring is 1. The van der Waals surface area contributed by atoms with Gasteiger partial charge < -0.3 is 11.1 Å². The zero-order valence-electron chi connectivity index (χ0n) is 17.0. The van der Waals surface area contributed by atoms with Crippen molar-refractivity contribution in [2.24, 2.45) is 0 Å². The highest BCUT2D eigenvalue weighted by molar-refractivity contribution is 6.04. The largest absolute Gasteiger partial charge is 0.420 e. The number of nitrogens with two attached hydrogens (primary N) is 1. The molecular weight excluding hydrogens is 454 g/mol. The fraction of sp³-hybridized carbons (Fsp3) is 0.0455. The van der Waals surface area contributed by atoms with Crippen LogP contribution in [-0.4, -0.2) is 30.9 Å². The molecule has 3 aromatic heterocycles. The number of nitrogens with one attached hydrogen (secondary N) is 1. The summed E-state index contributed by atoms with van der Waals surface area (Å²) in [6.45, 7) is 0. The third kappa shape index (κ3) is 4.26. The van der Waals surface area contributed by atoms with E-state index in [4.69, 9.17) is 12.2 Å². The third-order valence-electron chi connectivity index (χ3n) is 4.67. The lowest BCUT2D eigenvalue weighted by molar-refractivity contribution is -0.137. The third-order valence-corrected chi connectivity index (χ3v) is 4.67. The number of carbonyl (C=O) groups is 1. The van der Waals surface area contributed by atoms with Gasteiger partial charge in [0.15, 0.2) is 5.82 Å². The maximum Gasteiger partial charge on any atom is 0.420 e. The molecule has 8 nitrogen and oxygen atoms in total. The Hall–Kier alpha value is -4.79. The lowest BCUT2D eigenvalue weighted by Crippen LogP contribution is -2.17. The summed E-state index contributed by atoms with van der Waals surface area (Å²) >= 11 is 0. The van der Waals surface area contributed by atoms with E-state index in [2.05, 4.69) is 31.4 Å². The van der Waals surface area contributed by atoms with Gasteiger partial charge in [-0.3, -0.25) is 9.78 Å². The molecule has 170 valence electrons. The van der Waals surface area contributed by atoms with Crippen molar-refractivity contribution in [2.45, 2.75) is 6.18 Å². The standard InChI is InChI=1S/C22H13F4N7O/c1-2-12-9-28-11-18(27)19(12)15-4-3-13(7-17(15)23)21(34)32-14-8-16(22(24,25)26)20(29-10-14)33-30-5-6-31-33/h1,3-11H,27H2,(H,32,34). The molecule has 0 spiro atoms. The van der Waals surface area contributed by atoms with Gasteiger partial charge in [0.2, 0.25) is 0 Å². The van der Waals surface area contributed by atoms with Crippen molar-refractivity contribution in [3.05, 3.63) is 77.8 Å². The minimum atomic E-state index is -4.80. The highest BCUT2D eigenvalue weighted by Crippen LogP contribution is 2.34. The lowest BCUT2D eigenvalue weighted by atomic mass is 9.98. The van der Waals surface area contributed by atoms with Gasteiger partial charge >= 0.3 is 6.18 Å². The zero-order chi connectivity index (χ0) is 24.5. The van der Waals surface area contributed by atoms with Crippen LogP contribution in [0.1, 0.15) is 21.5 Å². The Morgan fingerprint density at radius 1 is 1.12 bits per heavy atom. The van der Waals surface area contributed by atoms with Crippen molar-refractivity contribution < 1.29 is 22.4 Å². The van der Waals surface area contributed by atoms with Gasteiger partial charge in [-0.2, -0.15) is 23.4 Å². The van der Waals surface area contributed by atoms with Crippen LogP contribution in [0, 0.1) is 18.2 Å². The summed E-state index contributed by atoms with van der Waals surface area (Å²) in [5.41, 5.74) is 4.99. The second kappa shape index (κ2) is 8.62. The van der Waals surface area contributed by atoms with Crippen molar-refractivity contribution in [2.75, 3.05) is 11.1 Å². The fourth-order valence-corrected chi connectivity index (χ4v) is 3.17. The monoisotopic (exact) mass is 467 g/mol. The average molecular weight is 467 g/mol. The minimum Gasteiger partial charge on any atom is -0.397 e. The molecule has 3 heterocycles. The molecule has 34 heavy (non-hydrogen) atoms. The molecular formula is C22H13F4N7O. The van der Waals surface area contributed by atoms with E-state index >= 15 is 0 Å². The van der Waals surface area contributed by atoms with Crippen LogP contribution < -0.4 is 11.1 Å². The Kier molecular flexibility index (Phi) is 5.68. The predicted octanol–water partition coefficient (Wildman–Crippen LogP) is 3.70. The van der Waals surface area contributed by atoms with Gasteiger partial charge in [0.1, 0.15) is 11.4 Å². The summed E-state index contributed by atoms with van der Waals surface area (Å²) in [7, 11) is 0. The molecule has 0 radical (unpaired) electrons. The number of hydrogen-bond donors (Lipinski definition) is 2. The summed E-state index contributed by atoms with van der Waals surface area (Å²) in [6.07, 6.45) is 6.68. The number of amides is 1. The molecule has 1 amide bonds. The molecule has 0 aliphatic heterocycles. The number of alkyl halides is 3. The minimum absolute atomic E-state index is 0.0431. The summed E-state index contributed by atoms with van der Waals surface area (Å²) < 4.78 is 55.5. The van der Waals surface area contributed by atoms with Gasteiger partial charge in [0.25, 0.3) is 5.91 Å². The van der Waals surface area contributed by atoms with Crippen LogP contribution in [0.15, 0.2) is 55.2 Å². The maximum atomic E-state index is 14.9. The first-order valence-corrected chi connectivity index (χ1v) is 9.44. The molecule has 4 aromatic rings. The van der Waals surface area contributed by atoms with Crippen LogP contribution >= 0.6 is 0 Å². The van der Waals surface area contributed by atoms with Gasteiger partial charge in [-0.05, 0) is 18.2 Å². The van der Waals surface area contributed by atoms with Crippen LogP contribution in [0.2, 0.25) is 0 Å². The summed E-state index contributed by atoms with van der Waals surface area (Å²) in [4.78, 5) is 20.9. The van der Waals surface area contributed by atoms with E-state index in [-0.39, 0.29) is 33.6 Å². The van der Waals surface area contributed by atoms with Crippen molar-refractivity contribution >= 4 is 17.3 Å². The number of pyridine rings is 2. The zero-order valence-corrected chi connectivity index (χ0v) is 17.0. The molecule has 0 saturated heterocycles. The number of terminal acetylenes is 1. The van der Waals surface area contributed by atoms with Crippen LogP contribution in [0.3, 0.4) is 0 Å².